The van der Waals surface area contributed by atoms with Crippen molar-refractivity contribution >= 4 is 21.6 Å². The van der Waals surface area contributed by atoms with Crippen LogP contribution in [0.15, 0.2) is 60.0 Å². The molecule has 1 amide bonds. The van der Waals surface area contributed by atoms with E-state index in [2.05, 4.69) is 16.6 Å². The Morgan fingerprint density at radius 1 is 1.25 bits per heavy atom. The third kappa shape index (κ3) is 3.99. The van der Waals surface area contributed by atoms with Crippen LogP contribution in [0.5, 0.6) is 0 Å². The van der Waals surface area contributed by atoms with Crippen molar-refractivity contribution in [1.82, 2.24) is 5.32 Å². The van der Waals surface area contributed by atoms with Crippen molar-refractivity contribution in [1.29, 1.82) is 0 Å². The van der Waals surface area contributed by atoms with E-state index in [1.54, 1.807) is 12.1 Å². The Morgan fingerprint density at radius 3 is 2.62 bits per heavy atom. The third-order valence-electron chi connectivity index (χ3n) is 3.26. The van der Waals surface area contributed by atoms with Crippen molar-refractivity contribution in [3.05, 3.63) is 72.1 Å². The predicted octanol–water partition coefficient (Wildman–Crippen LogP) is 2.85. The van der Waals surface area contributed by atoms with Crippen molar-refractivity contribution in [2.45, 2.75) is 11.8 Å². The summed E-state index contributed by atoms with van der Waals surface area (Å²) in [5, 5.41) is 2.59. The Kier molecular flexibility index (Phi) is 5.35. The lowest BCUT2D eigenvalue weighted by molar-refractivity contribution is 0.0959. The second-order valence-electron chi connectivity index (χ2n) is 5.06. The first-order valence-corrected chi connectivity index (χ1v) is 8.60. The average molecular weight is 348 g/mol. The molecule has 0 heterocycles. The van der Waals surface area contributed by atoms with Gasteiger partial charge in [0.25, 0.3) is 15.9 Å². The van der Waals surface area contributed by atoms with Gasteiger partial charge in [-0.05, 0) is 42.8 Å². The van der Waals surface area contributed by atoms with Crippen LogP contribution in [0.1, 0.15) is 15.9 Å². The molecule has 0 spiro atoms. The molecule has 0 aliphatic rings. The van der Waals surface area contributed by atoms with Crippen LogP contribution in [-0.2, 0) is 10.0 Å². The van der Waals surface area contributed by atoms with Gasteiger partial charge in [-0.2, -0.15) is 0 Å². The molecule has 7 heteroatoms. The molecule has 0 fully saturated rings. The van der Waals surface area contributed by atoms with E-state index in [0.29, 0.717) is 0 Å². The number of nitrogens with one attached hydrogen (secondary N) is 2. The summed E-state index contributed by atoms with van der Waals surface area (Å²) in [6, 6.07) is 9.72. The van der Waals surface area contributed by atoms with E-state index in [4.69, 9.17) is 0 Å². The normalized spacial score (nSPS) is 10.9. The lowest BCUT2D eigenvalue weighted by atomic mass is 10.1. The summed E-state index contributed by atoms with van der Waals surface area (Å²) in [4.78, 5) is 12.0. The molecule has 2 aromatic carbocycles. The van der Waals surface area contributed by atoms with Crippen LogP contribution in [0.4, 0.5) is 10.1 Å². The molecule has 0 saturated heterocycles. The van der Waals surface area contributed by atoms with Gasteiger partial charge < -0.3 is 5.32 Å². The van der Waals surface area contributed by atoms with Crippen LogP contribution in [0.25, 0.3) is 0 Å². The molecule has 0 atom stereocenters. The molecule has 5 nitrogen and oxygen atoms in total. The molecule has 0 bridgehead atoms. The van der Waals surface area contributed by atoms with Crippen molar-refractivity contribution in [2.75, 3.05) is 11.3 Å². The van der Waals surface area contributed by atoms with Gasteiger partial charge in [-0.25, -0.2) is 12.8 Å². The van der Waals surface area contributed by atoms with Crippen molar-refractivity contribution in [2.24, 2.45) is 0 Å². The Balaban J connectivity index is 2.34. The molecule has 126 valence electrons. The number of amides is 1. The molecular weight excluding hydrogens is 331 g/mol. The van der Waals surface area contributed by atoms with Gasteiger partial charge in [-0.15, -0.1) is 6.58 Å². The standard InChI is InChI=1S/C17H17FN2O3S/c1-3-10-19-17(21)14-6-4-5-7-16(14)20-24(22,23)13-8-9-15(18)12(2)11-13/h3-9,11,20H,1,10H2,2H3,(H,19,21). The predicted molar refractivity (Wildman–Crippen MR) is 90.9 cm³/mol. The minimum Gasteiger partial charge on any atom is -0.349 e. The molecule has 0 aliphatic carbocycles. The monoisotopic (exact) mass is 348 g/mol. The fraction of sp³-hybridized carbons (Fsp3) is 0.118. The van der Waals surface area contributed by atoms with Crippen LogP contribution in [-0.4, -0.2) is 20.9 Å². The maximum atomic E-state index is 13.3. The first-order valence-electron chi connectivity index (χ1n) is 7.12. The highest BCUT2D eigenvalue weighted by molar-refractivity contribution is 7.92. The van der Waals surface area contributed by atoms with E-state index < -0.39 is 21.7 Å². The number of para-hydroxylation sites is 1. The van der Waals surface area contributed by atoms with Crippen LogP contribution in [0.2, 0.25) is 0 Å². The quantitative estimate of drug-likeness (QED) is 0.788. The molecule has 2 N–H and O–H groups in total. The molecule has 2 aromatic rings. The second kappa shape index (κ2) is 7.27. The lowest BCUT2D eigenvalue weighted by Gasteiger charge is -2.13. The van der Waals surface area contributed by atoms with E-state index in [0.717, 1.165) is 6.07 Å². The van der Waals surface area contributed by atoms with Crippen molar-refractivity contribution < 1.29 is 17.6 Å². The number of hydrogen-bond donors (Lipinski definition) is 2. The molecule has 0 aliphatic heterocycles. The number of aryl methyl sites for hydroxylation is 1. The summed E-state index contributed by atoms with van der Waals surface area (Å²) in [5.41, 5.74) is 0.540. The van der Waals surface area contributed by atoms with Crippen molar-refractivity contribution in [3.8, 4) is 0 Å². The summed E-state index contributed by atoms with van der Waals surface area (Å²) in [6.07, 6.45) is 1.52. The molecule has 24 heavy (non-hydrogen) atoms. The molecule has 2 rings (SSSR count). The van der Waals surface area contributed by atoms with Gasteiger partial charge >= 0.3 is 0 Å². The Labute approximate surface area is 140 Å². The topological polar surface area (TPSA) is 75.3 Å². The van der Waals surface area contributed by atoms with Gasteiger partial charge in [0, 0.05) is 6.54 Å². The summed E-state index contributed by atoms with van der Waals surface area (Å²) in [7, 11) is -3.95. The van der Waals surface area contributed by atoms with E-state index in [1.807, 2.05) is 0 Å². The number of anilines is 1. The third-order valence-corrected chi connectivity index (χ3v) is 4.63. The molecule has 0 radical (unpaired) electrons. The van der Waals surface area contributed by atoms with E-state index in [1.165, 1.54) is 37.3 Å². The highest BCUT2D eigenvalue weighted by Crippen LogP contribution is 2.21. The van der Waals surface area contributed by atoms with Gasteiger partial charge in [-0.3, -0.25) is 9.52 Å². The fourth-order valence-electron chi connectivity index (χ4n) is 2.02. The second-order valence-corrected chi connectivity index (χ2v) is 6.74. The van der Waals surface area contributed by atoms with Gasteiger partial charge in [0.15, 0.2) is 0 Å². The average Bonchev–Trinajstić information content (AvgIpc) is 2.55. The number of benzene rings is 2. The van der Waals surface area contributed by atoms with Crippen LogP contribution in [0, 0.1) is 12.7 Å². The Bertz CT molecular complexity index is 879. The van der Waals surface area contributed by atoms with Crippen molar-refractivity contribution in [3.63, 3.8) is 0 Å². The highest BCUT2D eigenvalue weighted by Gasteiger charge is 2.19. The molecule has 0 aromatic heterocycles. The fourth-order valence-corrected chi connectivity index (χ4v) is 3.18. The van der Waals surface area contributed by atoms with E-state index >= 15 is 0 Å². The zero-order chi connectivity index (χ0) is 17.7. The first kappa shape index (κ1) is 17.7. The van der Waals surface area contributed by atoms with Gasteiger partial charge in [0.1, 0.15) is 5.82 Å². The van der Waals surface area contributed by atoms with Gasteiger partial charge in [0.05, 0.1) is 16.1 Å². The summed E-state index contributed by atoms with van der Waals surface area (Å²) in [5.74, 6) is -0.915. The zero-order valence-corrected chi connectivity index (χ0v) is 13.9. The zero-order valence-electron chi connectivity index (χ0n) is 13.0. The molecule has 0 unspecified atom stereocenters. The van der Waals surface area contributed by atoms with E-state index in [9.17, 15) is 17.6 Å². The van der Waals surface area contributed by atoms with Gasteiger partial charge in [-0.1, -0.05) is 18.2 Å². The summed E-state index contributed by atoms with van der Waals surface area (Å²) < 4.78 is 40.6. The largest absolute Gasteiger partial charge is 0.349 e. The SMILES string of the molecule is C=CCNC(=O)c1ccccc1NS(=O)(=O)c1ccc(F)c(C)c1. The molecular formula is C17H17FN2O3S. The Hall–Kier alpha value is -2.67. The maximum Gasteiger partial charge on any atom is 0.261 e. The van der Waals surface area contributed by atoms with Crippen LogP contribution >= 0.6 is 0 Å². The summed E-state index contributed by atoms with van der Waals surface area (Å²) in [6.45, 7) is 5.24. The highest BCUT2D eigenvalue weighted by atomic mass is 32.2. The van der Waals surface area contributed by atoms with Crippen LogP contribution < -0.4 is 10.0 Å². The van der Waals surface area contributed by atoms with Crippen LogP contribution in [0.3, 0.4) is 0 Å². The number of hydrogen-bond acceptors (Lipinski definition) is 3. The number of rotatable bonds is 6. The number of carbonyl (C=O) groups excluding carboxylic acids is 1. The first-order chi connectivity index (χ1) is 11.3. The molecule has 0 saturated carbocycles. The smallest absolute Gasteiger partial charge is 0.261 e. The van der Waals surface area contributed by atoms with Gasteiger partial charge in [0.2, 0.25) is 0 Å². The maximum absolute atomic E-state index is 13.3. The minimum absolute atomic E-state index is 0.0808. The number of halogens is 1. The number of carbonyl (C=O) groups is 1. The van der Waals surface area contributed by atoms with E-state index in [-0.39, 0.29) is 28.3 Å². The lowest BCUT2D eigenvalue weighted by Crippen LogP contribution is -2.25. The minimum atomic E-state index is -3.95. The Morgan fingerprint density at radius 2 is 1.96 bits per heavy atom. The number of sulfonamides is 1. The summed E-state index contributed by atoms with van der Waals surface area (Å²) >= 11 is 0.